The predicted molar refractivity (Wildman–Crippen MR) is 201 cm³/mol. The molecule has 0 aliphatic heterocycles. The maximum absolute atomic E-state index is 13.7. The Kier molecular flexibility index (Phi) is 10.8. The third-order valence-electron chi connectivity index (χ3n) is 7.29. The highest BCUT2D eigenvalue weighted by Gasteiger charge is 2.24. The molecule has 0 saturated heterocycles. The van der Waals surface area contributed by atoms with Crippen molar-refractivity contribution >= 4 is 91.1 Å². The number of fused-ring (bicyclic) bond motifs is 1. The van der Waals surface area contributed by atoms with E-state index in [0.717, 1.165) is 26.2 Å². The normalized spacial score (nSPS) is 11.9. The lowest BCUT2D eigenvalue weighted by molar-refractivity contribution is -0.116. The van der Waals surface area contributed by atoms with Crippen LogP contribution in [0.3, 0.4) is 0 Å². The first kappa shape index (κ1) is 34.0. The van der Waals surface area contributed by atoms with Gasteiger partial charge in [0, 0.05) is 16.1 Å². The van der Waals surface area contributed by atoms with Gasteiger partial charge in [-0.15, -0.1) is 11.8 Å². The molecule has 1 heterocycles. The average Bonchev–Trinajstić information content (AvgIpc) is 3.51. The first-order valence-corrected chi connectivity index (χ1v) is 17.5. The van der Waals surface area contributed by atoms with Crippen LogP contribution in [0.2, 0.25) is 10.0 Å². The van der Waals surface area contributed by atoms with Crippen LogP contribution in [-0.4, -0.2) is 22.7 Å². The number of carbonyl (C=O) groups is 3. The van der Waals surface area contributed by atoms with Gasteiger partial charge in [-0.3, -0.25) is 14.4 Å². The first-order chi connectivity index (χ1) is 23.7. The molecule has 3 N–H and O–H groups in total. The quantitative estimate of drug-likeness (QED) is 0.0966. The first-order valence-electron chi connectivity index (χ1n) is 15.1. The summed E-state index contributed by atoms with van der Waals surface area (Å²) in [6, 6.07) is 36.2. The number of nitrogens with one attached hydrogen (secondary N) is 3. The van der Waals surface area contributed by atoms with Gasteiger partial charge in [0.05, 0.1) is 20.3 Å². The third kappa shape index (κ3) is 8.57. The number of carbonyl (C=O) groups excluding carboxylic acids is 3. The SMILES string of the molecule is Cc1ccc2nc(NC(=O)C(Sc3ccc(NC(=O)/C(=C/c4cccc(Cl)c4Cl)NC(=O)c4ccccc4)cc3)c3ccccc3)sc2c1. The molecular weight excluding hydrogens is 695 g/mol. The number of hydrogen-bond donors (Lipinski definition) is 3. The number of halogens is 2. The van der Waals surface area contributed by atoms with Crippen LogP contribution in [0.5, 0.6) is 0 Å². The molecule has 3 amide bonds. The Bertz CT molecular complexity index is 2170. The summed E-state index contributed by atoms with van der Waals surface area (Å²) in [7, 11) is 0. The fraction of sp³-hybridized carbons (Fsp3) is 0.0526. The third-order valence-corrected chi connectivity index (χ3v) is 10.3. The summed E-state index contributed by atoms with van der Waals surface area (Å²) in [6.45, 7) is 2.02. The van der Waals surface area contributed by atoms with Gasteiger partial charge in [0.15, 0.2) is 5.13 Å². The standard InChI is InChI=1S/C38H28Cl2N4O3S2/c1-23-15-20-30-32(21-23)49-38(43-30)44-37(47)34(24-9-4-2-5-10-24)48-28-18-16-27(17-19-28)41-36(46)31(22-26-13-8-14-29(39)33(26)40)42-35(45)25-11-6-3-7-12-25/h2-22,34H,1H3,(H,41,46)(H,42,45)(H,43,44,47)/b31-22-. The number of rotatable bonds is 10. The smallest absolute Gasteiger partial charge is 0.272 e. The maximum Gasteiger partial charge on any atom is 0.272 e. The lowest BCUT2D eigenvalue weighted by Gasteiger charge is -2.17. The molecule has 1 atom stereocenters. The Hall–Kier alpha value is -4.93. The van der Waals surface area contributed by atoms with Crippen molar-refractivity contribution in [3.05, 3.63) is 159 Å². The molecule has 11 heteroatoms. The van der Waals surface area contributed by atoms with E-state index in [0.29, 0.717) is 27.0 Å². The van der Waals surface area contributed by atoms with Gasteiger partial charge in [-0.05, 0) is 84.3 Å². The van der Waals surface area contributed by atoms with Crippen molar-refractivity contribution < 1.29 is 14.4 Å². The molecule has 1 aromatic heterocycles. The molecule has 0 radical (unpaired) electrons. The summed E-state index contributed by atoms with van der Waals surface area (Å²) < 4.78 is 1.00. The van der Waals surface area contributed by atoms with Crippen LogP contribution in [0.1, 0.15) is 32.3 Å². The molecule has 0 bridgehead atoms. The molecule has 0 fully saturated rings. The van der Waals surface area contributed by atoms with E-state index in [-0.39, 0.29) is 16.6 Å². The van der Waals surface area contributed by atoms with Crippen LogP contribution in [-0.2, 0) is 9.59 Å². The van der Waals surface area contributed by atoms with E-state index in [9.17, 15) is 14.4 Å². The van der Waals surface area contributed by atoms with Crippen molar-refractivity contribution in [2.45, 2.75) is 17.1 Å². The van der Waals surface area contributed by atoms with Crippen molar-refractivity contribution in [3.8, 4) is 0 Å². The fourth-order valence-electron chi connectivity index (χ4n) is 4.84. The van der Waals surface area contributed by atoms with Crippen LogP contribution in [0, 0.1) is 6.92 Å². The Morgan fingerprint density at radius 3 is 2.27 bits per heavy atom. The minimum atomic E-state index is -0.569. The summed E-state index contributed by atoms with van der Waals surface area (Å²) in [6.07, 6.45) is 1.48. The molecule has 6 aromatic rings. The molecule has 0 aliphatic rings. The number of anilines is 2. The van der Waals surface area contributed by atoms with E-state index in [4.69, 9.17) is 23.2 Å². The van der Waals surface area contributed by atoms with Crippen molar-refractivity contribution in [1.29, 1.82) is 0 Å². The van der Waals surface area contributed by atoms with E-state index in [2.05, 4.69) is 27.0 Å². The van der Waals surface area contributed by atoms with Gasteiger partial charge in [-0.25, -0.2) is 4.98 Å². The Morgan fingerprint density at radius 2 is 1.53 bits per heavy atom. The van der Waals surface area contributed by atoms with Crippen molar-refractivity contribution in [3.63, 3.8) is 0 Å². The van der Waals surface area contributed by atoms with Gasteiger partial charge < -0.3 is 16.0 Å². The van der Waals surface area contributed by atoms with Crippen LogP contribution in [0.15, 0.2) is 132 Å². The van der Waals surface area contributed by atoms with Crippen LogP contribution >= 0.6 is 46.3 Å². The Balaban J connectivity index is 1.20. The average molecular weight is 724 g/mol. The largest absolute Gasteiger partial charge is 0.321 e. The van der Waals surface area contributed by atoms with Gasteiger partial charge in [-0.2, -0.15) is 0 Å². The molecule has 49 heavy (non-hydrogen) atoms. The zero-order valence-electron chi connectivity index (χ0n) is 25.9. The van der Waals surface area contributed by atoms with E-state index >= 15 is 0 Å². The zero-order chi connectivity index (χ0) is 34.3. The molecule has 0 aliphatic carbocycles. The number of aromatic nitrogens is 1. The van der Waals surface area contributed by atoms with E-state index in [1.807, 2.05) is 61.5 Å². The monoisotopic (exact) mass is 722 g/mol. The second-order valence-electron chi connectivity index (χ2n) is 10.9. The number of hydrogen-bond acceptors (Lipinski definition) is 6. The summed E-state index contributed by atoms with van der Waals surface area (Å²) >= 11 is 15.4. The zero-order valence-corrected chi connectivity index (χ0v) is 29.1. The molecule has 0 saturated carbocycles. The van der Waals surface area contributed by atoms with Crippen LogP contribution in [0.25, 0.3) is 16.3 Å². The fourth-order valence-corrected chi connectivity index (χ4v) is 7.19. The van der Waals surface area contributed by atoms with Gasteiger partial charge in [0.2, 0.25) is 5.91 Å². The molecule has 0 spiro atoms. The Labute approximate surface area is 301 Å². The number of thiazole rings is 1. The van der Waals surface area contributed by atoms with Crippen molar-refractivity contribution in [2.75, 3.05) is 10.6 Å². The highest BCUT2D eigenvalue weighted by Crippen LogP contribution is 2.37. The predicted octanol–water partition coefficient (Wildman–Crippen LogP) is 9.79. The van der Waals surface area contributed by atoms with Gasteiger partial charge >= 0.3 is 0 Å². The summed E-state index contributed by atoms with van der Waals surface area (Å²) in [4.78, 5) is 45.6. The van der Waals surface area contributed by atoms with Crippen LogP contribution in [0.4, 0.5) is 10.8 Å². The summed E-state index contributed by atoms with van der Waals surface area (Å²) in [5.74, 6) is -1.22. The second-order valence-corrected chi connectivity index (χ2v) is 13.9. The molecule has 5 aromatic carbocycles. The number of thioether (sulfide) groups is 1. The topological polar surface area (TPSA) is 100 Å². The molecule has 1 unspecified atom stereocenters. The number of amides is 3. The summed E-state index contributed by atoms with van der Waals surface area (Å²) in [5.41, 5.74) is 4.10. The maximum atomic E-state index is 13.7. The van der Waals surface area contributed by atoms with Gasteiger partial charge in [-0.1, -0.05) is 101 Å². The van der Waals surface area contributed by atoms with Crippen LogP contribution < -0.4 is 16.0 Å². The molecule has 244 valence electrons. The lowest BCUT2D eigenvalue weighted by Crippen LogP contribution is -2.30. The summed E-state index contributed by atoms with van der Waals surface area (Å²) in [5, 5.41) is 9.08. The molecule has 6 rings (SSSR count). The molecular formula is C38H28Cl2N4O3S2. The highest BCUT2D eigenvalue weighted by atomic mass is 35.5. The minimum Gasteiger partial charge on any atom is -0.321 e. The number of aryl methyl sites for hydroxylation is 1. The lowest BCUT2D eigenvalue weighted by atomic mass is 10.1. The van der Waals surface area contributed by atoms with Crippen molar-refractivity contribution in [1.82, 2.24) is 10.3 Å². The van der Waals surface area contributed by atoms with E-state index in [1.54, 1.807) is 60.7 Å². The number of nitrogens with zero attached hydrogens (tertiary/aromatic N) is 1. The van der Waals surface area contributed by atoms with E-state index < -0.39 is 17.1 Å². The number of benzene rings is 5. The Morgan fingerprint density at radius 1 is 0.816 bits per heavy atom. The minimum absolute atomic E-state index is 0.0257. The van der Waals surface area contributed by atoms with E-state index in [1.165, 1.54) is 29.2 Å². The second kappa shape index (κ2) is 15.5. The van der Waals surface area contributed by atoms with Gasteiger partial charge in [0.1, 0.15) is 10.9 Å². The van der Waals surface area contributed by atoms with Gasteiger partial charge in [0.25, 0.3) is 11.8 Å². The molecule has 7 nitrogen and oxygen atoms in total. The highest BCUT2D eigenvalue weighted by molar-refractivity contribution is 8.00. The van der Waals surface area contributed by atoms with Crippen molar-refractivity contribution in [2.24, 2.45) is 0 Å².